The highest BCUT2D eigenvalue weighted by molar-refractivity contribution is 7.46. The zero-order valence-corrected chi connectivity index (χ0v) is 68.4. The third-order valence-corrected chi connectivity index (χ3v) is 21.6. The molecule has 3 heterocycles. The molecule has 20 atom stereocenters. The summed E-state index contributed by atoms with van der Waals surface area (Å²) in [4.78, 5) is 63.3. The minimum Gasteiger partial charge on any atom is -0.756 e. The Morgan fingerprint density at radius 1 is 0.387 bits per heavy atom. The van der Waals surface area contributed by atoms with E-state index in [1.807, 2.05) is 13.8 Å². The number of hydrogen-bond donors (Lipinski definition) is 11. The van der Waals surface area contributed by atoms with E-state index < -0.39 is 200 Å². The van der Waals surface area contributed by atoms with E-state index in [0.717, 1.165) is 0 Å². The molecule has 0 bridgehead atoms. The maximum atomic E-state index is 13.4. The Balaban J connectivity index is 1.61. The second-order valence-corrected chi connectivity index (χ2v) is 33.5. The standard InChI is InChI=1S/C67H133NO39P4/c1-49(2)93-31-18-23-88-43-53(39-69)44-89-24-19-35-103-111(86,87)104-48-67(45-90-25-20-36-100-108(80,81)97-32-15-9-6-12-28-94-64-50(3)58(74)60(76)54(40-70)105-64,46-91-26-21-37-101-109(82,83)98-33-16-10-7-13-29-95-65-51(4)59(75)61(77)55(41-71)106-65)47-92-27-22-38-102-110(84,85)99-34-17-11-8-14-30-96-66-57(68-52(5)73)63(79)62(78)56(42-72)107-66/h49-51,53-66,69-72,74-79H,6-48H2,1-5H3,(H,68,73)(H,80,81)(H,82,83)(H,84,85)(H,86,87)/p-4/t50?,51?,53?,54?,55?,56?,57?,58-,59-,60+,61+,62+,63-,64-,65-,66-,67?/m1/s1. The van der Waals surface area contributed by atoms with Crippen LogP contribution >= 0.6 is 31.3 Å². The van der Waals surface area contributed by atoms with Crippen LogP contribution in [-0.4, -0.2) is 315 Å². The summed E-state index contributed by atoms with van der Waals surface area (Å²) in [5.41, 5.74) is -1.56. The van der Waals surface area contributed by atoms with Gasteiger partial charge in [-0.3, -0.25) is 23.1 Å². The van der Waals surface area contributed by atoms with Crippen LogP contribution in [0.1, 0.15) is 144 Å². The number of amides is 1. The van der Waals surface area contributed by atoms with Gasteiger partial charge in [0.1, 0.15) is 48.8 Å². The second kappa shape index (κ2) is 58.9. The minimum atomic E-state index is -5.15. The first-order valence-corrected chi connectivity index (χ1v) is 44.2. The first kappa shape index (κ1) is 104. The van der Waals surface area contributed by atoms with Gasteiger partial charge in [-0.15, -0.1) is 0 Å². The Labute approximate surface area is 651 Å². The van der Waals surface area contributed by atoms with Crippen molar-refractivity contribution in [2.45, 2.75) is 230 Å². The number of phosphoric acid groups is 4. The van der Waals surface area contributed by atoms with Crippen LogP contribution in [0.2, 0.25) is 0 Å². The summed E-state index contributed by atoms with van der Waals surface area (Å²) in [6, 6.07) is -1.11. The quantitative estimate of drug-likeness (QED) is 0.0279. The van der Waals surface area contributed by atoms with Crippen molar-refractivity contribution in [2.75, 3.05) is 172 Å². The van der Waals surface area contributed by atoms with Gasteiger partial charge in [-0.2, -0.15) is 0 Å². The number of unbranched alkanes of at least 4 members (excludes halogenated alkanes) is 9. The summed E-state index contributed by atoms with van der Waals surface area (Å²) in [6.45, 7) is 3.59. The monoisotopic (exact) mass is 1700 g/mol. The van der Waals surface area contributed by atoms with Crippen LogP contribution in [0.4, 0.5) is 0 Å². The number of phosphoric ester groups is 4. The van der Waals surface area contributed by atoms with E-state index >= 15 is 0 Å². The smallest absolute Gasteiger partial charge is 0.267 e. The topological polar surface area (TPSA) is 577 Å². The van der Waals surface area contributed by atoms with Crippen molar-refractivity contribution in [1.82, 2.24) is 5.32 Å². The summed E-state index contributed by atoms with van der Waals surface area (Å²) >= 11 is 0. The number of carbonyl (C=O) groups excluding carboxylic acids is 1. The summed E-state index contributed by atoms with van der Waals surface area (Å²) in [5, 5.41) is 102. The first-order valence-electron chi connectivity index (χ1n) is 38.4. The molecular weight excluding hydrogens is 1570 g/mol. The molecule has 3 aliphatic heterocycles. The van der Waals surface area contributed by atoms with Gasteiger partial charge >= 0.3 is 0 Å². The zero-order chi connectivity index (χ0) is 82.1. The van der Waals surface area contributed by atoms with Gasteiger partial charge in [0.25, 0.3) is 31.3 Å². The fourth-order valence-corrected chi connectivity index (χ4v) is 14.4. The highest BCUT2D eigenvalue weighted by Gasteiger charge is 2.46. The van der Waals surface area contributed by atoms with Gasteiger partial charge in [-0.25, -0.2) is 0 Å². The molecule has 0 spiro atoms. The maximum Gasteiger partial charge on any atom is 0.267 e. The molecule has 0 aromatic rings. The SMILES string of the molecule is CC(=O)NC1[C@H](OCCCCCCOP(=O)([O-])OCCCOCC(COCCCOP(=O)([O-])OCCCCCCO[C@@H]2OC(CO)[C@H](O)[C@H](O)C2C)(COCCCOP(=O)([O-])OCCCCCCO[C@@H]2OC(CO)[C@H](O)[C@H](O)C2C)COP(=O)([O-])OCCCOCC(CO)COCCCOC(C)C)OC(CO)[C@H](O)[C@@H]1O. The largest absolute Gasteiger partial charge is 0.756 e. The molecule has 11 unspecified atom stereocenters. The van der Waals surface area contributed by atoms with Crippen molar-refractivity contribution in [2.24, 2.45) is 23.2 Å². The third kappa shape index (κ3) is 45.3. The van der Waals surface area contributed by atoms with Crippen LogP contribution in [0.5, 0.6) is 0 Å². The molecule has 40 nitrogen and oxygen atoms in total. The Kier molecular flexibility index (Phi) is 55.3. The lowest BCUT2D eigenvalue weighted by molar-refractivity contribution is -0.282. The lowest BCUT2D eigenvalue weighted by atomic mass is 9.92. The van der Waals surface area contributed by atoms with Crippen molar-refractivity contribution in [3.63, 3.8) is 0 Å². The Morgan fingerprint density at radius 3 is 1.02 bits per heavy atom. The molecule has 0 saturated carbocycles. The Bertz CT molecular complexity index is 2480. The van der Waals surface area contributed by atoms with Gasteiger partial charge in [0.05, 0.1) is 136 Å². The van der Waals surface area contributed by atoms with E-state index in [4.69, 9.17) is 93.0 Å². The molecule has 660 valence electrons. The number of aliphatic hydroxyl groups excluding tert-OH is 10. The van der Waals surface area contributed by atoms with E-state index in [1.165, 1.54) is 6.92 Å². The molecule has 3 aliphatic rings. The number of aliphatic hydroxyl groups is 10. The van der Waals surface area contributed by atoms with Gasteiger partial charge in [0, 0.05) is 84.1 Å². The molecule has 0 aromatic heterocycles. The molecule has 0 aliphatic carbocycles. The fraction of sp³-hybridized carbons (Fsp3) is 0.985. The summed E-state index contributed by atoms with van der Waals surface area (Å²) in [6.07, 6.45) is -7.27. The van der Waals surface area contributed by atoms with E-state index in [9.17, 15) is 93.7 Å². The van der Waals surface area contributed by atoms with Crippen LogP contribution in [-0.2, 0) is 116 Å². The van der Waals surface area contributed by atoms with Crippen LogP contribution in [0.3, 0.4) is 0 Å². The molecule has 3 fully saturated rings. The van der Waals surface area contributed by atoms with Crippen molar-refractivity contribution in [3.05, 3.63) is 0 Å². The van der Waals surface area contributed by atoms with E-state index in [2.05, 4.69) is 5.32 Å². The minimum absolute atomic E-state index is 0.0353. The molecular formula is C67H129NO39P4-4. The van der Waals surface area contributed by atoms with Crippen molar-refractivity contribution >= 4 is 37.2 Å². The van der Waals surface area contributed by atoms with Gasteiger partial charge < -0.3 is 169 Å². The number of carbonyl (C=O) groups is 1. The van der Waals surface area contributed by atoms with Gasteiger partial charge in [-0.1, -0.05) is 52.4 Å². The second-order valence-electron chi connectivity index (χ2n) is 27.9. The normalized spacial score (nSPS) is 27.6. The molecule has 0 aromatic carbocycles. The molecule has 3 rings (SSSR count). The van der Waals surface area contributed by atoms with Crippen LogP contribution in [0.25, 0.3) is 0 Å². The molecule has 1 amide bonds. The molecule has 11 N–H and O–H groups in total. The lowest BCUT2D eigenvalue weighted by Gasteiger charge is -2.42. The van der Waals surface area contributed by atoms with Crippen LogP contribution in [0, 0.1) is 23.2 Å². The highest BCUT2D eigenvalue weighted by Crippen LogP contribution is 2.43. The molecule has 44 heteroatoms. The predicted molar refractivity (Wildman–Crippen MR) is 382 cm³/mol. The van der Waals surface area contributed by atoms with Crippen LogP contribution < -0.4 is 24.9 Å². The van der Waals surface area contributed by atoms with Crippen LogP contribution in [0.15, 0.2) is 0 Å². The third-order valence-electron chi connectivity index (χ3n) is 17.7. The van der Waals surface area contributed by atoms with E-state index in [0.29, 0.717) is 90.3 Å². The Hall–Kier alpha value is -0.970. The highest BCUT2D eigenvalue weighted by atomic mass is 31.2. The summed E-state index contributed by atoms with van der Waals surface area (Å²) in [5.74, 6) is -1.98. The van der Waals surface area contributed by atoms with Gasteiger partial charge in [0.15, 0.2) is 18.9 Å². The molecule has 3 saturated heterocycles. The van der Waals surface area contributed by atoms with Crippen molar-refractivity contribution < 1.29 is 187 Å². The zero-order valence-electron chi connectivity index (χ0n) is 64.8. The maximum absolute atomic E-state index is 13.4. The summed E-state index contributed by atoms with van der Waals surface area (Å²) in [7, 11) is -19.6. The van der Waals surface area contributed by atoms with E-state index in [1.54, 1.807) is 13.8 Å². The molecule has 111 heavy (non-hydrogen) atoms. The van der Waals surface area contributed by atoms with Crippen molar-refractivity contribution in [3.8, 4) is 0 Å². The average Bonchev–Trinajstić information content (AvgIpc) is 0.840. The summed E-state index contributed by atoms with van der Waals surface area (Å²) < 4.78 is 161. The fourth-order valence-electron chi connectivity index (χ4n) is 11.2. The van der Waals surface area contributed by atoms with Crippen molar-refractivity contribution in [1.29, 1.82) is 0 Å². The van der Waals surface area contributed by atoms with Gasteiger partial charge in [0.2, 0.25) is 5.91 Å². The lowest BCUT2D eigenvalue weighted by Crippen LogP contribution is -2.64. The molecule has 0 radical (unpaired) electrons. The number of nitrogens with one attached hydrogen (secondary N) is 1. The predicted octanol–water partition coefficient (Wildman–Crippen LogP) is -0.129. The average molecular weight is 1700 g/mol. The number of hydrogen-bond acceptors (Lipinski definition) is 39. The van der Waals surface area contributed by atoms with E-state index in [-0.39, 0.29) is 137 Å². The Morgan fingerprint density at radius 2 is 0.685 bits per heavy atom. The number of rotatable bonds is 70. The van der Waals surface area contributed by atoms with Gasteiger partial charge in [-0.05, 0) is 84.5 Å². The number of ether oxygens (including phenoxy) is 12. The first-order chi connectivity index (χ1) is 52.8.